The molecule has 0 N–H and O–H groups in total. The van der Waals surface area contributed by atoms with E-state index in [0.717, 1.165) is 29.7 Å². The van der Waals surface area contributed by atoms with Gasteiger partial charge in [-0.15, -0.1) is 0 Å². The summed E-state index contributed by atoms with van der Waals surface area (Å²) in [5.74, 6) is -0.424. The fourth-order valence-electron chi connectivity index (χ4n) is 3.03. The molecule has 3 rings (SSSR count). The van der Waals surface area contributed by atoms with Gasteiger partial charge < -0.3 is 4.90 Å². The molecule has 23 heavy (non-hydrogen) atoms. The van der Waals surface area contributed by atoms with Crippen LogP contribution in [0.25, 0.3) is 0 Å². The van der Waals surface area contributed by atoms with Crippen LogP contribution < -0.4 is 0 Å². The SMILES string of the molecule is CN1CCN(Cc2cc(Br)ccc2F)[C@@H](c2ccc(F)cc2)C1. The van der Waals surface area contributed by atoms with Crippen LogP contribution in [0.3, 0.4) is 0 Å². The quantitative estimate of drug-likeness (QED) is 0.786. The van der Waals surface area contributed by atoms with Gasteiger partial charge in [0, 0.05) is 42.3 Å². The molecule has 1 aliphatic heterocycles. The normalized spacial score (nSPS) is 19.9. The molecule has 2 aromatic rings. The van der Waals surface area contributed by atoms with Gasteiger partial charge in [0.25, 0.3) is 0 Å². The van der Waals surface area contributed by atoms with Crippen molar-refractivity contribution in [2.75, 3.05) is 26.7 Å². The second-order valence-corrected chi connectivity index (χ2v) is 6.95. The third-order valence-electron chi connectivity index (χ3n) is 4.33. The Balaban J connectivity index is 1.85. The first-order valence-corrected chi connectivity index (χ1v) is 8.44. The van der Waals surface area contributed by atoms with Gasteiger partial charge in [-0.25, -0.2) is 8.78 Å². The molecule has 2 aromatic carbocycles. The number of benzene rings is 2. The highest BCUT2D eigenvalue weighted by Crippen LogP contribution is 2.28. The van der Waals surface area contributed by atoms with Gasteiger partial charge in [-0.3, -0.25) is 4.90 Å². The minimum atomic E-state index is -0.234. The standard InChI is InChI=1S/C18H19BrF2N2/c1-22-8-9-23(11-14-10-15(19)4-7-17(14)21)18(12-22)13-2-5-16(20)6-3-13/h2-7,10,18H,8-9,11-12H2,1H3/t18-/m1/s1. The lowest BCUT2D eigenvalue weighted by molar-refractivity contribution is 0.0823. The molecule has 1 aliphatic rings. The number of nitrogens with zero attached hydrogens (tertiary/aromatic N) is 2. The molecule has 0 radical (unpaired) electrons. The summed E-state index contributed by atoms with van der Waals surface area (Å²) >= 11 is 3.40. The number of piperazine rings is 1. The molecule has 0 bridgehead atoms. The minimum absolute atomic E-state index is 0.132. The van der Waals surface area contributed by atoms with Crippen molar-refractivity contribution in [3.8, 4) is 0 Å². The first-order chi connectivity index (χ1) is 11.0. The molecule has 0 aliphatic carbocycles. The van der Waals surface area contributed by atoms with Crippen LogP contribution in [-0.2, 0) is 6.54 Å². The highest BCUT2D eigenvalue weighted by molar-refractivity contribution is 9.10. The van der Waals surface area contributed by atoms with Crippen LogP contribution in [0.1, 0.15) is 17.2 Å². The third-order valence-corrected chi connectivity index (χ3v) is 4.82. The zero-order valence-corrected chi connectivity index (χ0v) is 14.6. The molecule has 0 saturated carbocycles. The fraction of sp³-hybridized carbons (Fsp3) is 0.333. The van der Waals surface area contributed by atoms with Gasteiger partial charge >= 0.3 is 0 Å². The van der Waals surface area contributed by atoms with Crippen molar-refractivity contribution in [1.82, 2.24) is 9.80 Å². The molecule has 0 unspecified atom stereocenters. The van der Waals surface area contributed by atoms with Gasteiger partial charge in [-0.2, -0.15) is 0 Å². The van der Waals surface area contributed by atoms with Crippen molar-refractivity contribution in [1.29, 1.82) is 0 Å². The lowest BCUT2D eigenvalue weighted by atomic mass is 10.0. The summed E-state index contributed by atoms with van der Waals surface area (Å²) in [5.41, 5.74) is 1.74. The van der Waals surface area contributed by atoms with E-state index in [-0.39, 0.29) is 17.7 Å². The largest absolute Gasteiger partial charge is 0.303 e. The summed E-state index contributed by atoms with van der Waals surface area (Å²) in [6, 6.07) is 11.8. The Morgan fingerprint density at radius 1 is 1.09 bits per heavy atom. The van der Waals surface area contributed by atoms with Crippen molar-refractivity contribution in [3.63, 3.8) is 0 Å². The minimum Gasteiger partial charge on any atom is -0.303 e. The number of halogens is 3. The second kappa shape index (κ2) is 7.07. The first kappa shape index (κ1) is 16.6. The molecule has 1 heterocycles. The van der Waals surface area contributed by atoms with Crippen molar-refractivity contribution >= 4 is 15.9 Å². The van der Waals surface area contributed by atoms with E-state index in [1.54, 1.807) is 6.07 Å². The highest BCUT2D eigenvalue weighted by atomic mass is 79.9. The summed E-state index contributed by atoms with van der Waals surface area (Å²) in [7, 11) is 2.08. The van der Waals surface area contributed by atoms with Crippen LogP contribution in [-0.4, -0.2) is 36.5 Å². The summed E-state index contributed by atoms with van der Waals surface area (Å²) in [6.07, 6.45) is 0. The topological polar surface area (TPSA) is 6.48 Å². The van der Waals surface area contributed by atoms with Gasteiger partial charge in [0.05, 0.1) is 0 Å². The van der Waals surface area contributed by atoms with Crippen LogP contribution >= 0.6 is 15.9 Å². The van der Waals surface area contributed by atoms with E-state index in [0.29, 0.717) is 12.1 Å². The molecule has 1 atom stereocenters. The van der Waals surface area contributed by atoms with Gasteiger partial charge in [-0.05, 0) is 42.9 Å². The highest BCUT2D eigenvalue weighted by Gasteiger charge is 2.27. The number of likely N-dealkylation sites (N-methyl/N-ethyl adjacent to an activating group) is 1. The summed E-state index contributed by atoms with van der Waals surface area (Å²) in [6.45, 7) is 3.18. The Labute approximate surface area is 143 Å². The lowest BCUT2D eigenvalue weighted by Crippen LogP contribution is -2.46. The monoisotopic (exact) mass is 380 g/mol. The maximum atomic E-state index is 14.1. The summed E-state index contributed by atoms with van der Waals surface area (Å²) in [5, 5.41) is 0. The maximum Gasteiger partial charge on any atom is 0.127 e. The van der Waals surface area contributed by atoms with E-state index >= 15 is 0 Å². The first-order valence-electron chi connectivity index (χ1n) is 7.65. The molecule has 0 spiro atoms. The number of hydrogen-bond donors (Lipinski definition) is 0. The molecule has 1 saturated heterocycles. The summed E-state index contributed by atoms with van der Waals surface area (Å²) < 4.78 is 28.1. The zero-order valence-electron chi connectivity index (χ0n) is 13.0. The molecule has 1 fully saturated rings. The molecule has 5 heteroatoms. The van der Waals surface area contributed by atoms with E-state index in [1.807, 2.05) is 18.2 Å². The van der Waals surface area contributed by atoms with E-state index in [1.165, 1.54) is 18.2 Å². The van der Waals surface area contributed by atoms with Crippen molar-refractivity contribution < 1.29 is 8.78 Å². The molecule has 0 amide bonds. The van der Waals surface area contributed by atoms with Crippen molar-refractivity contribution in [2.24, 2.45) is 0 Å². The predicted octanol–water partition coefficient (Wildman–Crippen LogP) is 4.22. The second-order valence-electron chi connectivity index (χ2n) is 6.04. The third kappa shape index (κ3) is 3.97. The molecule has 2 nitrogen and oxygen atoms in total. The van der Waals surface area contributed by atoms with Gasteiger partial charge in [0.15, 0.2) is 0 Å². The van der Waals surface area contributed by atoms with E-state index in [2.05, 4.69) is 32.8 Å². The smallest absolute Gasteiger partial charge is 0.127 e. The Morgan fingerprint density at radius 2 is 1.83 bits per heavy atom. The van der Waals surface area contributed by atoms with Crippen LogP contribution in [0.4, 0.5) is 8.78 Å². The molecule has 122 valence electrons. The zero-order chi connectivity index (χ0) is 16.4. The van der Waals surface area contributed by atoms with Crippen LogP contribution in [0.15, 0.2) is 46.9 Å². The van der Waals surface area contributed by atoms with E-state index in [9.17, 15) is 8.78 Å². The predicted molar refractivity (Wildman–Crippen MR) is 91.1 cm³/mol. The van der Waals surface area contributed by atoms with E-state index < -0.39 is 0 Å². The molecular weight excluding hydrogens is 362 g/mol. The molecular formula is C18H19BrF2N2. The Kier molecular flexibility index (Phi) is 5.09. The van der Waals surface area contributed by atoms with Gasteiger partial charge in [0.1, 0.15) is 11.6 Å². The number of rotatable bonds is 3. The van der Waals surface area contributed by atoms with Gasteiger partial charge in [0.2, 0.25) is 0 Å². The van der Waals surface area contributed by atoms with Crippen molar-refractivity contribution in [3.05, 3.63) is 69.7 Å². The maximum absolute atomic E-state index is 14.1. The summed E-state index contributed by atoms with van der Waals surface area (Å²) in [4.78, 5) is 4.51. The van der Waals surface area contributed by atoms with Crippen LogP contribution in [0.2, 0.25) is 0 Å². The average Bonchev–Trinajstić information content (AvgIpc) is 2.53. The van der Waals surface area contributed by atoms with Crippen LogP contribution in [0, 0.1) is 11.6 Å². The Hall–Kier alpha value is -1.30. The Bertz CT molecular complexity index is 675. The average molecular weight is 381 g/mol. The fourth-order valence-corrected chi connectivity index (χ4v) is 3.44. The number of hydrogen-bond acceptors (Lipinski definition) is 2. The van der Waals surface area contributed by atoms with Gasteiger partial charge in [-0.1, -0.05) is 28.1 Å². The molecule has 0 aromatic heterocycles. The Morgan fingerprint density at radius 3 is 2.57 bits per heavy atom. The van der Waals surface area contributed by atoms with E-state index in [4.69, 9.17) is 0 Å². The van der Waals surface area contributed by atoms with Crippen LogP contribution in [0.5, 0.6) is 0 Å². The lowest BCUT2D eigenvalue weighted by Gasteiger charge is -2.40. The van der Waals surface area contributed by atoms with Crippen molar-refractivity contribution in [2.45, 2.75) is 12.6 Å².